The molecular weight excluding hydrogens is 493 g/mol. The Labute approximate surface area is 207 Å². The molecule has 0 amide bonds. The van der Waals surface area contributed by atoms with E-state index in [1.165, 1.54) is 15.3 Å². The highest BCUT2D eigenvalue weighted by molar-refractivity contribution is 6.30. The van der Waals surface area contributed by atoms with Gasteiger partial charge in [0.25, 0.3) is 0 Å². The molecule has 36 heavy (non-hydrogen) atoms. The number of aromatic nitrogens is 6. The molecule has 7 nitrogen and oxygen atoms in total. The van der Waals surface area contributed by atoms with Gasteiger partial charge in [0.2, 0.25) is 0 Å². The second-order valence-corrected chi connectivity index (χ2v) is 8.45. The minimum Gasteiger partial charge on any atom is -0.265 e. The van der Waals surface area contributed by atoms with E-state index >= 15 is 0 Å². The highest BCUT2D eigenvalue weighted by Gasteiger charge is 2.32. The summed E-state index contributed by atoms with van der Waals surface area (Å²) in [6, 6.07) is 13.1. The van der Waals surface area contributed by atoms with Crippen molar-refractivity contribution in [3.63, 3.8) is 0 Å². The number of halogens is 4. The Morgan fingerprint density at radius 3 is 2.22 bits per heavy atom. The Balaban J connectivity index is 1.72. The Morgan fingerprint density at radius 2 is 1.61 bits per heavy atom. The topological polar surface area (TPSA) is 78.0 Å². The van der Waals surface area contributed by atoms with Gasteiger partial charge in [-0.05, 0) is 53.4 Å². The number of fused-ring (bicyclic) bond motifs is 1. The number of pyridine rings is 2. The van der Waals surface area contributed by atoms with Crippen LogP contribution >= 0.6 is 11.6 Å². The maximum absolute atomic E-state index is 13.3. The molecule has 5 aromatic rings. The molecule has 0 unspecified atom stereocenters. The van der Waals surface area contributed by atoms with Gasteiger partial charge in [0.05, 0.1) is 12.2 Å². The summed E-state index contributed by atoms with van der Waals surface area (Å²) in [4.78, 5) is 20.8. The van der Waals surface area contributed by atoms with Gasteiger partial charge >= 0.3 is 11.9 Å². The van der Waals surface area contributed by atoms with Crippen molar-refractivity contribution in [3.05, 3.63) is 99.6 Å². The SMILES string of the molecule is CCc1nn2c(=O)n(Cc3ccc(C(F)(F)F)nc3)nc2c(-c2ccncc2)c1-c1ccc(Cl)cc1. The molecule has 0 aliphatic carbocycles. The molecule has 1 aromatic carbocycles. The number of rotatable bonds is 5. The molecule has 0 aliphatic rings. The fraction of sp³-hybridized carbons (Fsp3) is 0.160. The highest BCUT2D eigenvalue weighted by atomic mass is 35.5. The van der Waals surface area contributed by atoms with Gasteiger partial charge in [0.15, 0.2) is 5.65 Å². The van der Waals surface area contributed by atoms with Crippen molar-refractivity contribution in [2.75, 3.05) is 0 Å². The van der Waals surface area contributed by atoms with Gasteiger partial charge in [-0.15, -0.1) is 5.10 Å². The molecule has 0 spiro atoms. The third-order valence-corrected chi connectivity index (χ3v) is 5.94. The number of nitrogens with zero attached hydrogens (tertiary/aromatic N) is 6. The average Bonchev–Trinajstić information content (AvgIpc) is 3.18. The van der Waals surface area contributed by atoms with Crippen LogP contribution in [0.1, 0.15) is 23.9 Å². The van der Waals surface area contributed by atoms with Crippen LogP contribution in [0.4, 0.5) is 13.2 Å². The van der Waals surface area contributed by atoms with Gasteiger partial charge in [-0.1, -0.05) is 36.7 Å². The lowest BCUT2D eigenvalue weighted by Gasteiger charge is -2.14. The molecule has 0 bridgehead atoms. The quantitative estimate of drug-likeness (QED) is 0.321. The molecule has 0 radical (unpaired) electrons. The normalized spacial score (nSPS) is 11.8. The van der Waals surface area contributed by atoms with Crippen molar-refractivity contribution in [1.82, 2.24) is 29.4 Å². The zero-order valence-electron chi connectivity index (χ0n) is 18.9. The lowest BCUT2D eigenvalue weighted by Crippen LogP contribution is -2.23. The van der Waals surface area contributed by atoms with Crippen LogP contribution in [0.2, 0.25) is 5.02 Å². The van der Waals surface area contributed by atoms with E-state index in [0.29, 0.717) is 33.9 Å². The minimum absolute atomic E-state index is 0.0686. The van der Waals surface area contributed by atoms with Crippen LogP contribution in [0.15, 0.2) is 71.9 Å². The van der Waals surface area contributed by atoms with Gasteiger partial charge < -0.3 is 0 Å². The smallest absolute Gasteiger partial charge is 0.265 e. The molecule has 0 saturated heterocycles. The molecule has 182 valence electrons. The molecule has 5 rings (SSSR count). The largest absolute Gasteiger partial charge is 0.433 e. The molecule has 11 heteroatoms. The van der Waals surface area contributed by atoms with Crippen LogP contribution in [0, 0.1) is 0 Å². The molecule has 0 saturated carbocycles. The Bertz CT molecular complexity index is 1590. The fourth-order valence-electron chi connectivity index (χ4n) is 4.00. The van der Waals surface area contributed by atoms with Crippen LogP contribution in [-0.2, 0) is 19.1 Å². The monoisotopic (exact) mass is 510 g/mol. The summed E-state index contributed by atoms with van der Waals surface area (Å²) in [6.45, 7) is 1.87. The van der Waals surface area contributed by atoms with Crippen molar-refractivity contribution in [2.24, 2.45) is 0 Å². The van der Waals surface area contributed by atoms with E-state index in [0.717, 1.165) is 29.0 Å². The minimum atomic E-state index is -4.55. The molecule has 0 aliphatic heterocycles. The summed E-state index contributed by atoms with van der Waals surface area (Å²) in [5.41, 5.74) is 3.00. The highest BCUT2D eigenvalue weighted by Crippen LogP contribution is 2.37. The van der Waals surface area contributed by atoms with Crippen molar-refractivity contribution >= 4 is 17.2 Å². The summed E-state index contributed by atoms with van der Waals surface area (Å²) < 4.78 is 41.0. The first kappa shape index (κ1) is 23.7. The van der Waals surface area contributed by atoms with Crippen LogP contribution in [0.5, 0.6) is 0 Å². The summed E-state index contributed by atoms with van der Waals surface area (Å²) in [5.74, 6) is 0. The van der Waals surface area contributed by atoms with Gasteiger partial charge in [-0.2, -0.15) is 22.8 Å². The molecule has 4 heterocycles. The van der Waals surface area contributed by atoms with Crippen molar-refractivity contribution in [3.8, 4) is 22.3 Å². The predicted octanol–water partition coefficient (Wildman–Crippen LogP) is 5.30. The van der Waals surface area contributed by atoms with Gasteiger partial charge in [0.1, 0.15) is 5.69 Å². The number of hydrogen-bond acceptors (Lipinski definition) is 5. The number of benzene rings is 1. The van der Waals surface area contributed by atoms with Crippen LogP contribution in [0.25, 0.3) is 27.9 Å². The van der Waals surface area contributed by atoms with E-state index in [2.05, 4.69) is 20.2 Å². The number of aryl methyl sites for hydroxylation is 1. The van der Waals surface area contributed by atoms with Gasteiger partial charge in [-0.3, -0.25) is 9.97 Å². The molecule has 0 N–H and O–H groups in total. The summed E-state index contributed by atoms with van der Waals surface area (Å²) in [5, 5.41) is 9.72. The average molecular weight is 511 g/mol. The van der Waals surface area contributed by atoms with Crippen molar-refractivity contribution < 1.29 is 13.2 Å². The van der Waals surface area contributed by atoms with Crippen molar-refractivity contribution in [1.29, 1.82) is 0 Å². The van der Waals surface area contributed by atoms with E-state index in [1.54, 1.807) is 24.5 Å². The van der Waals surface area contributed by atoms with Crippen LogP contribution in [-0.4, -0.2) is 29.4 Å². The maximum Gasteiger partial charge on any atom is 0.433 e. The molecule has 0 fully saturated rings. The van der Waals surface area contributed by atoms with E-state index in [4.69, 9.17) is 11.6 Å². The molecule has 0 atom stereocenters. The van der Waals surface area contributed by atoms with E-state index in [9.17, 15) is 18.0 Å². The van der Waals surface area contributed by atoms with Gasteiger partial charge in [-0.25, -0.2) is 9.48 Å². The Kier molecular flexibility index (Phi) is 6.05. The zero-order chi connectivity index (χ0) is 25.4. The molecular formula is C25H18ClF3N6O. The lowest BCUT2D eigenvalue weighted by atomic mass is 9.94. The van der Waals surface area contributed by atoms with Gasteiger partial charge in [0, 0.05) is 34.7 Å². The maximum atomic E-state index is 13.3. The standard InChI is InChI=1S/C25H18ClF3N6O/c1-2-19-21(16-4-6-18(26)7-5-16)22(17-9-11-30-12-10-17)23-33-34(24(36)35(23)32-19)14-15-3-8-20(31-13-15)25(27,28)29/h3-13H,2,14H2,1H3. The Morgan fingerprint density at radius 1 is 0.917 bits per heavy atom. The van der Waals surface area contributed by atoms with E-state index in [1.807, 2.05) is 31.2 Å². The summed E-state index contributed by atoms with van der Waals surface area (Å²) >= 11 is 6.11. The third-order valence-electron chi connectivity index (χ3n) is 5.69. The first-order chi connectivity index (χ1) is 17.3. The van der Waals surface area contributed by atoms with E-state index < -0.39 is 17.6 Å². The third kappa shape index (κ3) is 4.35. The second-order valence-electron chi connectivity index (χ2n) is 8.02. The summed E-state index contributed by atoms with van der Waals surface area (Å²) in [7, 11) is 0. The molecule has 4 aromatic heterocycles. The summed E-state index contributed by atoms with van der Waals surface area (Å²) in [6.07, 6.45) is 0.370. The number of hydrogen-bond donors (Lipinski definition) is 0. The second kappa shape index (κ2) is 9.19. The lowest BCUT2D eigenvalue weighted by molar-refractivity contribution is -0.141. The first-order valence-corrected chi connectivity index (χ1v) is 11.3. The fourth-order valence-corrected chi connectivity index (χ4v) is 4.13. The van der Waals surface area contributed by atoms with Crippen LogP contribution < -0.4 is 5.69 Å². The Hall–Kier alpha value is -4.05. The van der Waals surface area contributed by atoms with Crippen LogP contribution in [0.3, 0.4) is 0 Å². The van der Waals surface area contributed by atoms with Crippen molar-refractivity contribution in [2.45, 2.75) is 26.1 Å². The predicted molar refractivity (Wildman–Crippen MR) is 129 cm³/mol. The van der Waals surface area contributed by atoms with E-state index in [-0.39, 0.29) is 6.54 Å². The first-order valence-electron chi connectivity index (χ1n) is 11.0. The number of alkyl halides is 3. The zero-order valence-corrected chi connectivity index (χ0v) is 19.6.